The van der Waals surface area contributed by atoms with Gasteiger partial charge in [0.05, 0.1) is 0 Å². The molecule has 0 saturated heterocycles. The monoisotopic (exact) mass is 333 g/mol. The summed E-state index contributed by atoms with van der Waals surface area (Å²) in [4.78, 5) is 8.05. The van der Waals surface area contributed by atoms with Gasteiger partial charge in [0.25, 0.3) is 0 Å². The Bertz CT molecular complexity index is 881. The molecule has 0 radical (unpaired) electrons. The van der Waals surface area contributed by atoms with E-state index < -0.39 is 11.6 Å². The fourth-order valence-electron chi connectivity index (χ4n) is 2.18. The second kappa shape index (κ2) is 5.85. The average Bonchev–Trinajstić information content (AvgIpc) is 2.49. The maximum absolute atomic E-state index is 13.5. The minimum Gasteiger partial charge on any atom is -0.366 e. The topological polar surface area (TPSA) is 77.6 Å². The summed E-state index contributed by atoms with van der Waals surface area (Å²) < 4.78 is 27.1. The Kier molecular flexibility index (Phi) is 3.87. The van der Waals surface area contributed by atoms with Crippen molar-refractivity contribution < 1.29 is 8.78 Å². The minimum absolute atomic E-state index is 0.105. The Hall–Kier alpha value is -2.67. The van der Waals surface area contributed by atoms with Crippen LogP contribution in [0.15, 0.2) is 30.5 Å². The highest BCUT2D eigenvalue weighted by atomic mass is 35.5. The van der Waals surface area contributed by atoms with Gasteiger partial charge in [-0.1, -0.05) is 11.6 Å². The Morgan fingerprint density at radius 3 is 2.43 bits per heavy atom. The second-order valence-corrected chi connectivity index (χ2v) is 5.16. The van der Waals surface area contributed by atoms with Crippen LogP contribution >= 0.6 is 11.6 Å². The number of nitrogens with zero attached hydrogens (tertiary/aromatic N) is 4. The molecule has 2 N–H and O–H groups in total. The summed E-state index contributed by atoms with van der Waals surface area (Å²) >= 11 is 6.02. The normalized spacial score (nSPS) is 10.8. The molecular weight excluding hydrogens is 324 g/mol. The average molecular weight is 334 g/mol. The molecule has 2 heterocycles. The number of pyridine rings is 1. The minimum atomic E-state index is -0.729. The molecule has 1 aromatic carbocycles. The van der Waals surface area contributed by atoms with Crippen LogP contribution in [0.1, 0.15) is 5.56 Å². The molecule has 0 unspecified atom stereocenters. The van der Waals surface area contributed by atoms with Crippen LogP contribution in [0.5, 0.6) is 0 Å². The molecule has 0 saturated carbocycles. The van der Waals surface area contributed by atoms with Crippen molar-refractivity contribution in [2.75, 3.05) is 5.73 Å². The van der Waals surface area contributed by atoms with Crippen LogP contribution in [0.4, 0.5) is 14.7 Å². The highest BCUT2D eigenvalue weighted by Crippen LogP contribution is 2.33. The highest BCUT2D eigenvalue weighted by Gasteiger charge is 2.17. The maximum Gasteiger partial charge on any atom is 0.240 e. The van der Waals surface area contributed by atoms with Gasteiger partial charge in [0.15, 0.2) is 0 Å². The third-order valence-corrected chi connectivity index (χ3v) is 3.62. The molecule has 0 aliphatic carbocycles. The number of nitrogens with two attached hydrogens (primary N) is 1. The third-order valence-electron chi connectivity index (χ3n) is 3.24. The molecule has 0 spiro atoms. The van der Waals surface area contributed by atoms with E-state index >= 15 is 0 Å². The summed E-state index contributed by atoms with van der Waals surface area (Å²) in [6, 6.07) is 4.74. The smallest absolute Gasteiger partial charge is 0.240 e. The third kappa shape index (κ3) is 2.95. The van der Waals surface area contributed by atoms with Crippen molar-refractivity contribution in [1.29, 1.82) is 0 Å². The molecule has 3 aromatic rings. The molecule has 2 aromatic heterocycles. The van der Waals surface area contributed by atoms with Gasteiger partial charge < -0.3 is 5.73 Å². The van der Waals surface area contributed by atoms with Crippen LogP contribution in [-0.2, 0) is 0 Å². The van der Waals surface area contributed by atoms with Gasteiger partial charge >= 0.3 is 0 Å². The Labute approximate surface area is 135 Å². The number of benzene rings is 1. The van der Waals surface area contributed by atoms with Crippen LogP contribution in [0.2, 0.25) is 5.15 Å². The summed E-state index contributed by atoms with van der Waals surface area (Å²) in [7, 11) is 0. The van der Waals surface area contributed by atoms with Gasteiger partial charge in [-0.05, 0) is 30.7 Å². The van der Waals surface area contributed by atoms with Crippen LogP contribution in [0.25, 0.3) is 22.5 Å². The van der Waals surface area contributed by atoms with Gasteiger partial charge in [-0.3, -0.25) is 0 Å². The van der Waals surface area contributed by atoms with Crippen LogP contribution in [0.3, 0.4) is 0 Å². The molecule has 0 aliphatic rings. The van der Waals surface area contributed by atoms with Crippen LogP contribution in [0, 0.1) is 18.6 Å². The summed E-state index contributed by atoms with van der Waals surface area (Å²) in [5, 5.41) is 8.03. The van der Waals surface area contributed by atoms with Crippen molar-refractivity contribution >= 4 is 17.5 Å². The van der Waals surface area contributed by atoms with Crippen LogP contribution < -0.4 is 5.73 Å². The predicted molar refractivity (Wildman–Crippen MR) is 82.6 cm³/mol. The number of anilines is 1. The molecule has 0 aliphatic heterocycles. The summed E-state index contributed by atoms with van der Waals surface area (Å²) in [6.45, 7) is 1.75. The zero-order chi connectivity index (χ0) is 16.6. The van der Waals surface area contributed by atoms with Crippen molar-refractivity contribution in [1.82, 2.24) is 20.2 Å². The molecule has 5 nitrogen and oxygen atoms in total. The lowest BCUT2D eigenvalue weighted by molar-refractivity contribution is 0.584. The maximum atomic E-state index is 13.5. The number of aromatic nitrogens is 4. The molecule has 0 atom stereocenters. The molecule has 23 heavy (non-hydrogen) atoms. The standard InChI is InChI=1S/C15H10ClF2N5/c1-7-11(2-3-20-14(7)16)13-12(21-15(19)23-22-13)8-4-9(17)6-10(18)5-8/h2-6H,1H3,(H2,19,21,23). The van der Waals surface area contributed by atoms with Crippen molar-refractivity contribution in [3.8, 4) is 22.5 Å². The fourth-order valence-corrected chi connectivity index (χ4v) is 2.34. The highest BCUT2D eigenvalue weighted by molar-refractivity contribution is 6.30. The fraction of sp³-hybridized carbons (Fsp3) is 0.0667. The first-order valence-electron chi connectivity index (χ1n) is 6.54. The van der Waals surface area contributed by atoms with Crippen molar-refractivity contribution in [2.24, 2.45) is 0 Å². The lowest BCUT2D eigenvalue weighted by atomic mass is 10.0. The number of nitrogen functional groups attached to an aromatic ring is 1. The Morgan fingerprint density at radius 1 is 1.04 bits per heavy atom. The van der Waals surface area contributed by atoms with E-state index in [9.17, 15) is 8.78 Å². The zero-order valence-corrected chi connectivity index (χ0v) is 12.6. The number of hydrogen-bond donors (Lipinski definition) is 1. The van der Waals surface area contributed by atoms with Gasteiger partial charge in [0, 0.05) is 23.4 Å². The summed E-state index contributed by atoms with van der Waals surface area (Å²) in [6.07, 6.45) is 1.50. The number of hydrogen-bond acceptors (Lipinski definition) is 5. The molecule has 0 amide bonds. The predicted octanol–water partition coefficient (Wildman–Crippen LogP) is 3.42. The molecule has 0 fully saturated rings. The number of rotatable bonds is 2. The Balaban J connectivity index is 2.29. The Morgan fingerprint density at radius 2 is 1.74 bits per heavy atom. The van der Waals surface area contributed by atoms with Crippen LogP contribution in [-0.4, -0.2) is 20.2 Å². The van der Waals surface area contributed by atoms with E-state index in [1.807, 2.05) is 0 Å². The van der Waals surface area contributed by atoms with Crippen molar-refractivity contribution in [3.05, 3.63) is 52.8 Å². The van der Waals surface area contributed by atoms with Gasteiger partial charge in [-0.15, -0.1) is 10.2 Å². The summed E-state index contributed by atoms with van der Waals surface area (Å²) in [5.41, 5.74) is 7.55. The first kappa shape index (κ1) is 15.2. The van der Waals surface area contributed by atoms with E-state index in [1.165, 1.54) is 6.20 Å². The van der Waals surface area contributed by atoms with E-state index in [2.05, 4.69) is 20.2 Å². The lowest BCUT2D eigenvalue weighted by Crippen LogP contribution is -2.03. The molecule has 3 rings (SSSR count). The van der Waals surface area contributed by atoms with E-state index in [1.54, 1.807) is 13.0 Å². The molecule has 8 heteroatoms. The van der Waals surface area contributed by atoms with Gasteiger partial charge in [-0.2, -0.15) is 0 Å². The first-order chi connectivity index (χ1) is 11.0. The zero-order valence-electron chi connectivity index (χ0n) is 11.9. The van der Waals surface area contributed by atoms with Gasteiger partial charge in [-0.25, -0.2) is 18.7 Å². The molecular formula is C15H10ClF2N5. The van der Waals surface area contributed by atoms with Gasteiger partial charge in [0.1, 0.15) is 28.2 Å². The van der Waals surface area contributed by atoms with Crippen molar-refractivity contribution in [3.63, 3.8) is 0 Å². The molecule has 0 bridgehead atoms. The molecule has 116 valence electrons. The SMILES string of the molecule is Cc1c(-c2nnc(N)nc2-c2cc(F)cc(F)c2)ccnc1Cl. The quantitative estimate of drug-likeness (QED) is 0.727. The van der Waals surface area contributed by atoms with Crippen molar-refractivity contribution in [2.45, 2.75) is 6.92 Å². The number of halogens is 3. The van der Waals surface area contributed by atoms with E-state index in [-0.39, 0.29) is 22.4 Å². The summed E-state index contributed by atoms with van der Waals surface area (Å²) in [5.74, 6) is -1.56. The lowest BCUT2D eigenvalue weighted by Gasteiger charge is -2.11. The largest absolute Gasteiger partial charge is 0.366 e. The van der Waals surface area contributed by atoms with E-state index in [0.717, 1.165) is 18.2 Å². The van der Waals surface area contributed by atoms with E-state index in [0.29, 0.717) is 16.8 Å². The second-order valence-electron chi connectivity index (χ2n) is 4.80. The van der Waals surface area contributed by atoms with Gasteiger partial charge in [0.2, 0.25) is 5.95 Å². The first-order valence-corrected chi connectivity index (χ1v) is 6.91. The van der Waals surface area contributed by atoms with E-state index in [4.69, 9.17) is 17.3 Å².